The molecule has 18 heavy (non-hydrogen) atoms. The van der Waals surface area contributed by atoms with Gasteiger partial charge in [-0.05, 0) is 0 Å². The van der Waals surface area contributed by atoms with Crippen molar-refractivity contribution in [2.75, 3.05) is 41.9 Å². The molecule has 1 saturated heterocycles. The van der Waals surface area contributed by atoms with Crippen molar-refractivity contribution >= 4 is 22.4 Å². The topological polar surface area (TPSA) is 58.1 Å². The van der Waals surface area contributed by atoms with E-state index in [4.69, 9.17) is 0 Å². The van der Waals surface area contributed by atoms with E-state index in [-0.39, 0.29) is 0 Å². The molecule has 0 unspecified atom stereocenters. The highest BCUT2D eigenvalue weighted by Crippen LogP contribution is 2.20. The van der Waals surface area contributed by atoms with E-state index in [1.807, 2.05) is 13.1 Å². The molecular formula is C12H20N4OS. The number of hydrogen-bond acceptors (Lipinski definition) is 5. The van der Waals surface area contributed by atoms with Crippen LogP contribution in [0.3, 0.4) is 0 Å². The Morgan fingerprint density at radius 3 is 2.56 bits per heavy atom. The summed E-state index contributed by atoms with van der Waals surface area (Å²) in [5.74, 6) is 4.40. The molecule has 0 aliphatic carbocycles. The largest absolute Gasteiger partial charge is 0.373 e. The van der Waals surface area contributed by atoms with Crippen LogP contribution in [-0.2, 0) is 10.8 Å². The number of rotatable bonds is 3. The summed E-state index contributed by atoms with van der Waals surface area (Å²) in [6.07, 6.45) is 0. The third kappa shape index (κ3) is 2.98. The lowest BCUT2D eigenvalue weighted by molar-refractivity contribution is 0.671. The van der Waals surface area contributed by atoms with Crippen LogP contribution in [0, 0.1) is 0 Å². The number of anilines is 2. The monoisotopic (exact) mass is 268 g/mol. The van der Waals surface area contributed by atoms with Gasteiger partial charge in [0.25, 0.3) is 0 Å². The van der Waals surface area contributed by atoms with Gasteiger partial charge in [0.05, 0.1) is 0 Å². The van der Waals surface area contributed by atoms with Gasteiger partial charge in [0, 0.05) is 54.4 Å². The van der Waals surface area contributed by atoms with Crippen LogP contribution in [0.2, 0.25) is 0 Å². The molecule has 0 bridgehead atoms. The molecule has 6 heteroatoms. The number of hydrogen-bond donors (Lipinski definition) is 1. The minimum absolute atomic E-state index is 0.302. The van der Waals surface area contributed by atoms with E-state index < -0.39 is 10.8 Å². The first-order valence-electron chi connectivity index (χ1n) is 6.27. The highest BCUT2D eigenvalue weighted by molar-refractivity contribution is 7.85. The highest BCUT2D eigenvalue weighted by atomic mass is 32.2. The normalized spacial score (nSPS) is 17.2. The van der Waals surface area contributed by atoms with Gasteiger partial charge in [-0.2, -0.15) is 0 Å². The Morgan fingerprint density at radius 2 is 2.00 bits per heavy atom. The van der Waals surface area contributed by atoms with E-state index in [1.54, 1.807) is 0 Å². The average Bonchev–Trinajstić information content (AvgIpc) is 2.39. The summed E-state index contributed by atoms with van der Waals surface area (Å²) in [6, 6.07) is 1.96. The predicted octanol–water partition coefficient (Wildman–Crippen LogP) is 1.21. The highest BCUT2D eigenvalue weighted by Gasteiger charge is 2.18. The van der Waals surface area contributed by atoms with E-state index >= 15 is 0 Å². The van der Waals surface area contributed by atoms with Crippen molar-refractivity contribution in [1.82, 2.24) is 9.97 Å². The molecule has 1 aliphatic rings. The Labute approximate surface area is 110 Å². The van der Waals surface area contributed by atoms with Gasteiger partial charge in [-0.25, -0.2) is 9.97 Å². The fraction of sp³-hybridized carbons (Fsp3) is 0.667. The standard InChI is InChI=1S/C12H20N4OS/c1-9(2)12-14-10(13-3)8-11(15-12)16-4-6-18(17)7-5-16/h8-9H,4-7H2,1-3H3,(H,13,14,15). The van der Waals surface area contributed by atoms with Crippen LogP contribution >= 0.6 is 0 Å². The SMILES string of the molecule is CNc1cc(N2CCS(=O)CC2)nc(C(C)C)n1. The molecule has 1 aromatic rings. The molecule has 2 rings (SSSR count). The van der Waals surface area contributed by atoms with Crippen LogP contribution < -0.4 is 10.2 Å². The first-order chi connectivity index (χ1) is 8.60. The molecule has 0 spiro atoms. The van der Waals surface area contributed by atoms with Gasteiger partial charge in [0.15, 0.2) is 0 Å². The lowest BCUT2D eigenvalue weighted by Gasteiger charge is -2.28. The van der Waals surface area contributed by atoms with Crippen molar-refractivity contribution in [3.05, 3.63) is 11.9 Å². The quantitative estimate of drug-likeness (QED) is 0.893. The Balaban J connectivity index is 2.26. The summed E-state index contributed by atoms with van der Waals surface area (Å²) in [5.41, 5.74) is 0. The van der Waals surface area contributed by atoms with Gasteiger partial charge >= 0.3 is 0 Å². The fourth-order valence-electron chi connectivity index (χ4n) is 1.87. The van der Waals surface area contributed by atoms with Crippen LogP contribution in [0.25, 0.3) is 0 Å². The number of nitrogens with zero attached hydrogens (tertiary/aromatic N) is 3. The van der Waals surface area contributed by atoms with Gasteiger partial charge < -0.3 is 10.2 Å². The van der Waals surface area contributed by atoms with Crippen molar-refractivity contribution in [2.45, 2.75) is 19.8 Å². The maximum atomic E-state index is 11.4. The molecule has 0 aromatic carbocycles. The second-order valence-electron chi connectivity index (χ2n) is 4.71. The van der Waals surface area contributed by atoms with Gasteiger partial charge in [-0.1, -0.05) is 13.8 Å². The van der Waals surface area contributed by atoms with Crippen molar-refractivity contribution in [3.63, 3.8) is 0 Å². The maximum Gasteiger partial charge on any atom is 0.135 e. The summed E-state index contributed by atoms with van der Waals surface area (Å²) < 4.78 is 11.4. The van der Waals surface area contributed by atoms with Crippen molar-refractivity contribution in [2.24, 2.45) is 0 Å². The minimum atomic E-state index is -0.657. The van der Waals surface area contributed by atoms with Crippen LogP contribution in [-0.4, -0.2) is 45.8 Å². The third-order valence-corrected chi connectivity index (χ3v) is 4.28. The summed E-state index contributed by atoms with van der Waals surface area (Å²) in [4.78, 5) is 11.2. The summed E-state index contributed by atoms with van der Waals surface area (Å²) in [5, 5.41) is 3.07. The van der Waals surface area contributed by atoms with Crippen molar-refractivity contribution < 1.29 is 4.21 Å². The predicted molar refractivity (Wildman–Crippen MR) is 75.8 cm³/mol. The van der Waals surface area contributed by atoms with Crippen LogP contribution in [0.5, 0.6) is 0 Å². The lowest BCUT2D eigenvalue weighted by Crippen LogP contribution is -2.38. The van der Waals surface area contributed by atoms with Gasteiger partial charge in [-0.3, -0.25) is 4.21 Å². The molecule has 1 aliphatic heterocycles. The zero-order valence-electron chi connectivity index (χ0n) is 11.1. The Morgan fingerprint density at radius 1 is 1.33 bits per heavy atom. The lowest BCUT2D eigenvalue weighted by atomic mass is 10.2. The number of aromatic nitrogens is 2. The zero-order valence-corrected chi connectivity index (χ0v) is 12.0. The van der Waals surface area contributed by atoms with E-state index in [1.165, 1.54) is 0 Å². The first-order valence-corrected chi connectivity index (χ1v) is 7.75. The van der Waals surface area contributed by atoms with E-state index in [0.29, 0.717) is 5.92 Å². The third-order valence-electron chi connectivity index (χ3n) is 3.00. The van der Waals surface area contributed by atoms with Gasteiger partial charge in [0.1, 0.15) is 17.5 Å². The molecule has 0 atom stereocenters. The first kappa shape index (κ1) is 13.3. The van der Waals surface area contributed by atoms with Gasteiger partial charge in [0.2, 0.25) is 0 Å². The molecule has 1 aromatic heterocycles. The van der Waals surface area contributed by atoms with Crippen molar-refractivity contribution in [3.8, 4) is 0 Å². The second-order valence-corrected chi connectivity index (χ2v) is 6.41. The summed E-state index contributed by atoms with van der Waals surface area (Å²) in [6.45, 7) is 5.79. The molecule has 0 radical (unpaired) electrons. The molecule has 0 saturated carbocycles. The molecule has 0 amide bonds. The zero-order chi connectivity index (χ0) is 13.1. The Bertz CT molecular complexity index is 440. The van der Waals surface area contributed by atoms with E-state index in [2.05, 4.69) is 34.0 Å². The van der Waals surface area contributed by atoms with Crippen LogP contribution in [0.1, 0.15) is 25.6 Å². The molecule has 2 heterocycles. The number of nitrogens with one attached hydrogen (secondary N) is 1. The van der Waals surface area contributed by atoms with Crippen LogP contribution in [0.15, 0.2) is 6.07 Å². The second kappa shape index (κ2) is 5.65. The fourth-order valence-corrected chi connectivity index (χ4v) is 2.92. The smallest absolute Gasteiger partial charge is 0.135 e. The average molecular weight is 268 g/mol. The molecule has 100 valence electrons. The maximum absolute atomic E-state index is 11.4. The minimum Gasteiger partial charge on any atom is -0.373 e. The molecule has 5 nitrogen and oxygen atoms in total. The summed E-state index contributed by atoms with van der Waals surface area (Å²) in [7, 11) is 1.21. The van der Waals surface area contributed by atoms with Gasteiger partial charge in [-0.15, -0.1) is 0 Å². The van der Waals surface area contributed by atoms with E-state index in [0.717, 1.165) is 42.1 Å². The van der Waals surface area contributed by atoms with Crippen LogP contribution in [0.4, 0.5) is 11.6 Å². The molecular weight excluding hydrogens is 248 g/mol. The van der Waals surface area contributed by atoms with Crippen molar-refractivity contribution in [1.29, 1.82) is 0 Å². The molecule has 1 N–H and O–H groups in total. The Hall–Kier alpha value is -1.17. The molecule has 1 fully saturated rings. The Kier molecular flexibility index (Phi) is 4.16. The summed E-state index contributed by atoms with van der Waals surface area (Å²) >= 11 is 0. The van der Waals surface area contributed by atoms with E-state index in [9.17, 15) is 4.21 Å².